The number of amides is 3. The van der Waals surface area contributed by atoms with Crippen LogP contribution >= 0.6 is 56.6 Å². The van der Waals surface area contributed by atoms with E-state index in [4.69, 9.17) is 42.7 Å². The summed E-state index contributed by atoms with van der Waals surface area (Å²) in [6.45, 7) is 15.6. The van der Waals surface area contributed by atoms with E-state index in [1.54, 1.807) is 13.8 Å². The van der Waals surface area contributed by atoms with Crippen LogP contribution < -0.4 is 23.2 Å². The van der Waals surface area contributed by atoms with Crippen molar-refractivity contribution in [3.8, 4) is 0 Å². The molecular formula is C48H61BClN8O10PS4. The van der Waals surface area contributed by atoms with Crippen molar-refractivity contribution >= 4 is 103 Å². The number of carboxylic acids is 1. The molecule has 0 saturated carbocycles. The molecule has 392 valence electrons. The van der Waals surface area contributed by atoms with Gasteiger partial charge in [-0.2, -0.15) is 0 Å². The summed E-state index contributed by atoms with van der Waals surface area (Å²) in [5.41, 5.74) is 9.71. The summed E-state index contributed by atoms with van der Waals surface area (Å²) in [6, 6.07) is 15.4. The molecule has 8 atom stereocenters. The van der Waals surface area contributed by atoms with Crippen LogP contribution in [-0.4, -0.2) is 174 Å². The fourth-order valence-electron chi connectivity index (χ4n) is 11.1. The molecule has 5 N–H and O–H groups in total. The fourth-order valence-corrected chi connectivity index (χ4v) is 14.0. The summed E-state index contributed by atoms with van der Waals surface area (Å²) < 4.78 is 11.2. The zero-order valence-electron chi connectivity index (χ0n) is 41.5. The van der Waals surface area contributed by atoms with E-state index >= 15 is 0 Å². The lowest BCUT2D eigenvalue weighted by Crippen LogP contribution is -3.00. The number of carbonyl (C=O) groups excluding carboxylic acids is 5. The Bertz CT molecular complexity index is 2570. The van der Waals surface area contributed by atoms with Gasteiger partial charge in [0.1, 0.15) is 60.2 Å². The van der Waals surface area contributed by atoms with Gasteiger partial charge in [0.2, 0.25) is 20.4 Å². The number of aliphatic hydroxyl groups is 3. The largest absolute Gasteiger partial charge is 1.00 e. The molecule has 5 saturated heterocycles. The fraction of sp³-hybridized carbons (Fsp3) is 0.521. The van der Waals surface area contributed by atoms with Gasteiger partial charge in [-0.05, 0) is 30.5 Å². The van der Waals surface area contributed by atoms with Crippen molar-refractivity contribution in [3.05, 3.63) is 92.0 Å². The Morgan fingerprint density at radius 2 is 1.19 bits per heavy atom. The number of fused-ring (bicyclic) bond motifs is 5. The zero-order valence-corrected chi connectivity index (χ0v) is 46.4. The van der Waals surface area contributed by atoms with E-state index in [-0.39, 0.29) is 74.6 Å². The molecule has 7 heterocycles. The predicted molar refractivity (Wildman–Crippen MR) is 280 cm³/mol. The number of rotatable bonds is 16. The predicted octanol–water partition coefficient (Wildman–Crippen LogP) is -1.02. The first-order chi connectivity index (χ1) is 34.1. The molecule has 2 bridgehead atoms. The van der Waals surface area contributed by atoms with Crippen LogP contribution in [0.2, 0.25) is 0 Å². The highest BCUT2D eigenvalue weighted by Crippen LogP contribution is 2.52. The smallest absolute Gasteiger partial charge is 0.365 e. The van der Waals surface area contributed by atoms with Crippen molar-refractivity contribution in [2.24, 2.45) is 34.1 Å². The number of benzene rings is 2. The number of nitrogens with zero attached hydrogens (tertiary/aromatic N) is 7. The molecule has 2 radical (unpaired) electrons. The summed E-state index contributed by atoms with van der Waals surface area (Å²) in [5.74, 6) is -4.70. The summed E-state index contributed by atoms with van der Waals surface area (Å²) >= 11 is 13.7. The molecule has 8 unspecified atom stereocenters. The molecule has 73 heavy (non-hydrogen) atoms. The second kappa shape index (κ2) is 23.9. The maximum Gasteiger partial charge on any atom is 0.365 e. The van der Waals surface area contributed by atoms with Crippen molar-refractivity contribution in [2.75, 3.05) is 59.9 Å². The number of hydrogen-bond donors (Lipinski definition) is 4. The second-order valence-electron chi connectivity index (χ2n) is 19.8. The monoisotopic (exact) mass is 1110 g/mol. The molecule has 0 aliphatic carbocycles. The number of hydrogen-bond acceptors (Lipinski definition) is 15. The first-order valence-electron chi connectivity index (χ1n) is 23.7. The molecule has 5 fully saturated rings. The summed E-state index contributed by atoms with van der Waals surface area (Å²) in [4.78, 5) is 69.0. The van der Waals surface area contributed by atoms with Crippen molar-refractivity contribution in [3.63, 3.8) is 0 Å². The van der Waals surface area contributed by atoms with Gasteiger partial charge < -0.3 is 81.1 Å². The number of primary amides is 1. The third kappa shape index (κ3) is 12.0. The van der Waals surface area contributed by atoms with Crippen LogP contribution in [0.3, 0.4) is 0 Å². The Morgan fingerprint density at radius 1 is 0.795 bits per heavy atom. The number of carbonyl (C=O) groups is 5. The highest BCUT2D eigenvalue weighted by molar-refractivity contribution is 8.25. The molecule has 7 aliphatic heterocycles. The molecule has 2 aromatic rings. The highest BCUT2D eigenvalue weighted by atomic mass is 35.5. The third-order valence-electron chi connectivity index (χ3n) is 15.0. The van der Waals surface area contributed by atoms with E-state index in [1.807, 2.05) is 62.0 Å². The topological polar surface area (TPSA) is 230 Å². The Balaban J connectivity index is 0.000000241. The molecular weight excluding hydrogens is 1050 g/mol. The third-order valence-corrected chi connectivity index (χ3v) is 19.0. The Labute approximate surface area is 454 Å². The second-order valence-corrected chi connectivity index (χ2v) is 23.8. The minimum Gasteiger partial charge on any atom is -1.00 e. The van der Waals surface area contributed by atoms with Gasteiger partial charge in [-0.25, -0.2) is 4.79 Å². The number of aliphatic hydroxyl groups excluding tert-OH is 3. The number of halogens is 1. The molecule has 0 spiro atoms. The van der Waals surface area contributed by atoms with Crippen LogP contribution in [0.5, 0.6) is 0 Å². The Kier molecular flexibility index (Phi) is 19.1. The maximum atomic E-state index is 12.7. The van der Waals surface area contributed by atoms with Crippen LogP contribution in [0.1, 0.15) is 49.9 Å². The molecule has 3 amide bonds. The number of β-lactam (4-membered cyclic amide) rings is 2. The molecule has 25 heteroatoms. The lowest BCUT2D eigenvalue weighted by atomic mass is 9.79. The summed E-state index contributed by atoms with van der Waals surface area (Å²) in [6.07, 6.45) is -1.69. The van der Waals surface area contributed by atoms with Crippen LogP contribution in [0, 0.1) is 23.7 Å². The molecule has 2 aromatic carbocycles. The highest BCUT2D eigenvalue weighted by Gasteiger charge is 2.61. The number of quaternary nitrogens is 2. The Morgan fingerprint density at radius 3 is 1.59 bits per heavy atom. The van der Waals surface area contributed by atoms with E-state index in [9.17, 15) is 44.4 Å². The summed E-state index contributed by atoms with van der Waals surface area (Å²) in [5, 5.41) is 41.3. The van der Waals surface area contributed by atoms with Gasteiger partial charge in [-0.1, -0.05) is 110 Å². The van der Waals surface area contributed by atoms with Gasteiger partial charge in [-0.3, -0.25) is 14.4 Å². The quantitative estimate of drug-likeness (QED) is 0.0519. The number of thiocarbonyl (C=S) groups is 2. The van der Waals surface area contributed by atoms with Gasteiger partial charge >= 0.3 is 5.97 Å². The van der Waals surface area contributed by atoms with Crippen LogP contribution in [0.25, 0.3) is 0 Å². The van der Waals surface area contributed by atoms with Crippen molar-refractivity contribution in [1.29, 1.82) is 0 Å². The van der Waals surface area contributed by atoms with Gasteiger partial charge in [0, 0.05) is 54.4 Å². The van der Waals surface area contributed by atoms with Gasteiger partial charge in [0.25, 0.3) is 13.9 Å². The number of aliphatic carboxylic acids is 1. The number of nitrogens with two attached hydrogens (primary N) is 1. The van der Waals surface area contributed by atoms with Crippen molar-refractivity contribution < 1.29 is 70.3 Å². The van der Waals surface area contributed by atoms with E-state index < -0.39 is 42.0 Å². The number of thioether (sulfide) groups is 2. The minimum atomic E-state index is -1.40. The van der Waals surface area contributed by atoms with Crippen LogP contribution in [0.15, 0.2) is 74.4 Å². The molecule has 18 nitrogen and oxygen atoms in total. The van der Waals surface area contributed by atoms with E-state index in [2.05, 4.69) is 28.9 Å². The first-order valence-corrected chi connectivity index (χ1v) is 26.9. The molecule has 9 rings (SSSR count). The minimum absolute atomic E-state index is 0. The van der Waals surface area contributed by atoms with Crippen LogP contribution in [0.4, 0.5) is 0 Å². The van der Waals surface area contributed by atoms with E-state index in [1.165, 1.54) is 38.9 Å². The average molecular weight is 1120 g/mol. The van der Waals surface area contributed by atoms with Crippen molar-refractivity contribution in [1.82, 2.24) is 19.6 Å². The number of carboxylic acid groups (broad SMARTS) is 1. The van der Waals surface area contributed by atoms with Gasteiger partial charge in [0.05, 0.1) is 54.4 Å². The van der Waals surface area contributed by atoms with E-state index in [0.29, 0.717) is 38.1 Å². The van der Waals surface area contributed by atoms with Crippen molar-refractivity contribution in [2.45, 2.75) is 78.2 Å². The number of piperazine rings is 3. The Hall–Kier alpha value is -4.00. The van der Waals surface area contributed by atoms with Gasteiger partial charge in [0.15, 0.2) is 6.54 Å². The first kappa shape index (κ1) is 58.3. The van der Waals surface area contributed by atoms with E-state index in [0.717, 1.165) is 71.5 Å². The maximum absolute atomic E-state index is 12.7. The summed E-state index contributed by atoms with van der Waals surface area (Å²) in [7, 11) is 8.72. The normalized spacial score (nSPS) is 27.5. The molecule has 0 aromatic heterocycles. The lowest BCUT2D eigenvalue weighted by molar-refractivity contribution is -1.08. The lowest BCUT2D eigenvalue weighted by Gasteiger charge is -2.55. The SMILES string of the molecule is CC(O)C1C(=O)N2C(C(=O)[O-])=C(SC(=S)N(C)Cc3ccc(C[N+]45CC[N+](CC(N)=O)(CC4)CC5)cc3)C(C)C12.[B]N=POC(=O)C1=C(SC(=S)N(C)Cc2ccc(CO)cc2)C(C)C2C(C(C)O)C(=O)N12.[Cl-]. The zero-order chi connectivity index (χ0) is 52.6. The molecule has 7 aliphatic rings. The average Bonchev–Trinajstić information content (AvgIpc) is 3.72. The standard InChI is InChI=1S/C28H37N5O5S2.C20H23BN3O5PS2.ClH/c1-17-23-22(18(2)34)26(36)31(23)24(27(37)38)25(17)40-28(39)30(3)14-19-4-6-20(7-5-19)15-32-8-11-33(12-9-32,13-10-32)16-21(29)35;1-10-15-14(11(2)26)18(27)24(15)16(19(28)29-30-22-21)17(10)32-20(31)23(3)8-12-4-6-13(9-25)7-5-12;/h4-7,17-18,22-23,34H,8-16H2,1-3H3,(H-2,29,35,37,38);4-7,10-11,14-15,25-26H,8-9H2,1-3H3;1H. The van der Waals surface area contributed by atoms with Gasteiger partial charge in [-0.15, -0.1) is 0 Å². The van der Waals surface area contributed by atoms with Crippen LogP contribution in [-0.2, 0) is 54.7 Å².